The van der Waals surface area contributed by atoms with E-state index in [1.165, 1.54) is 4.31 Å². The third kappa shape index (κ3) is 2.30. The zero-order chi connectivity index (χ0) is 13.6. The normalized spacial score (nSPS) is 30.9. The second-order valence-electron chi connectivity index (χ2n) is 5.72. The highest BCUT2D eigenvalue weighted by Gasteiger charge is 2.49. The van der Waals surface area contributed by atoms with E-state index in [-0.39, 0.29) is 12.6 Å². The van der Waals surface area contributed by atoms with Crippen molar-refractivity contribution in [1.29, 1.82) is 0 Å². The summed E-state index contributed by atoms with van der Waals surface area (Å²) in [6.07, 6.45) is 1.91. The first-order valence-corrected chi connectivity index (χ1v) is 8.15. The number of hydrogen-bond acceptors (Lipinski definition) is 3. The van der Waals surface area contributed by atoms with Crippen LogP contribution in [-0.2, 0) is 10.0 Å². The molecule has 1 aliphatic heterocycles. The van der Waals surface area contributed by atoms with Crippen molar-refractivity contribution < 1.29 is 13.5 Å². The molecular weight excluding hydrogens is 262 g/mol. The van der Waals surface area contributed by atoms with Crippen molar-refractivity contribution in [3.8, 4) is 0 Å². The minimum absolute atomic E-state index is 0.0890. The molecule has 3 rings (SSSR count). The van der Waals surface area contributed by atoms with Gasteiger partial charge in [-0.25, -0.2) is 8.42 Å². The molecule has 0 aromatic heterocycles. The summed E-state index contributed by atoms with van der Waals surface area (Å²) in [5.41, 5.74) is 1.04. The van der Waals surface area contributed by atoms with Gasteiger partial charge in [-0.05, 0) is 43.7 Å². The maximum absolute atomic E-state index is 12.6. The van der Waals surface area contributed by atoms with E-state index in [9.17, 15) is 13.5 Å². The Balaban J connectivity index is 1.92. The summed E-state index contributed by atoms with van der Waals surface area (Å²) >= 11 is 0. The average Bonchev–Trinajstić information content (AvgIpc) is 3.15. The van der Waals surface area contributed by atoms with E-state index in [0.29, 0.717) is 23.3 Å². The summed E-state index contributed by atoms with van der Waals surface area (Å²) in [6, 6.07) is 6.67. The zero-order valence-electron chi connectivity index (χ0n) is 11.0. The molecule has 2 fully saturated rings. The van der Waals surface area contributed by atoms with Crippen molar-refractivity contribution in [3.63, 3.8) is 0 Å². The lowest BCUT2D eigenvalue weighted by atomic mass is 10.1. The number of aliphatic hydroxyl groups excluding tert-OH is 1. The van der Waals surface area contributed by atoms with Gasteiger partial charge in [-0.2, -0.15) is 4.31 Å². The number of rotatable bonds is 3. The Morgan fingerprint density at radius 1 is 1.21 bits per heavy atom. The number of hydrogen-bond donors (Lipinski definition) is 1. The fourth-order valence-corrected chi connectivity index (χ4v) is 4.66. The molecule has 0 spiro atoms. The zero-order valence-corrected chi connectivity index (χ0v) is 11.8. The highest BCUT2D eigenvalue weighted by atomic mass is 32.2. The van der Waals surface area contributed by atoms with Crippen LogP contribution in [0.1, 0.15) is 18.4 Å². The molecule has 3 atom stereocenters. The fraction of sp³-hybridized carbons (Fsp3) is 0.571. The Morgan fingerprint density at radius 2 is 1.89 bits per heavy atom. The van der Waals surface area contributed by atoms with Crippen LogP contribution in [0.3, 0.4) is 0 Å². The minimum Gasteiger partial charge on any atom is -0.395 e. The third-order valence-electron chi connectivity index (χ3n) is 4.30. The van der Waals surface area contributed by atoms with E-state index >= 15 is 0 Å². The first-order valence-electron chi connectivity index (χ1n) is 6.71. The summed E-state index contributed by atoms with van der Waals surface area (Å²) < 4.78 is 26.8. The minimum atomic E-state index is -3.47. The summed E-state index contributed by atoms with van der Waals surface area (Å²) in [5, 5.41) is 9.45. The van der Waals surface area contributed by atoms with E-state index in [4.69, 9.17) is 0 Å². The predicted molar refractivity (Wildman–Crippen MR) is 72.2 cm³/mol. The number of fused-ring (bicyclic) bond motifs is 1. The molecule has 3 unspecified atom stereocenters. The Kier molecular flexibility index (Phi) is 3.15. The smallest absolute Gasteiger partial charge is 0.243 e. The van der Waals surface area contributed by atoms with Crippen LogP contribution in [0.2, 0.25) is 0 Å². The van der Waals surface area contributed by atoms with Gasteiger partial charge in [-0.1, -0.05) is 17.7 Å². The highest BCUT2D eigenvalue weighted by Crippen LogP contribution is 2.48. The highest BCUT2D eigenvalue weighted by molar-refractivity contribution is 7.89. The molecule has 0 bridgehead atoms. The number of benzene rings is 1. The maximum atomic E-state index is 12.6. The van der Waals surface area contributed by atoms with Gasteiger partial charge >= 0.3 is 0 Å². The molecule has 104 valence electrons. The Labute approximate surface area is 114 Å². The first kappa shape index (κ1) is 13.1. The van der Waals surface area contributed by atoms with Gasteiger partial charge < -0.3 is 5.11 Å². The lowest BCUT2D eigenvalue weighted by Gasteiger charge is -2.33. The third-order valence-corrected chi connectivity index (χ3v) is 6.24. The van der Waals surface area contributed by atoms with Gasteiger partial charge in [0.2, 0.25) is 10.0 Å². The molecule has 19 heavy (non-hydrogen) atoms. The van der Waals surface area contributed by atoms with E-state index in [1.807, 2.05) is 19.1 Å². The number of sulfonamides is 1. The molecule has 1 aromatic carbocycles. The van der Waals surface area contributed by atoms with Crippen LogP contribution < -0.4 is 0 Å². The van der Waals surface area contributed by atoms with Crippen molar-refractivity contribution >= 4 is 10.0 Å². The second-order valence-corrected chi connectivity index (χ2v) is 7.61. The number of aliphatic hydroxyl groups is 1. The molecule has 0 amide bonds. The SMILES string of the molecule is Cc1ccc(S(=O)(=O)N2CC3CC3CC2CO)cc1. The van der Waals surface area contributed by atoms with Crippen LogP contribution in [0, 0.1) is 18.8 Å². The summed E-state index contributed by atoms with van der Waals surface area (Å²) in [6.45, 7) is 2.41. The number of nitrogens with zero attached hydrogens (tertiary/aromatic N) is 1. The van der Waals surface area contributed by atoms with E-state index < -0.39 is 10.0 Å². The van der Waals surface area contributed by atoms with Crippen LogP contribution in [0.4, 0.5) is 0 Å². The molecule has 5 heteroatoms. The lowest BCUT2D eigenvalue weighted by molar-refractivity contribution is 0.150. The predicted octanol–water partition coefficient (Wildman–Crippen LogP) is 1.39. The lowest BCUT2D eigenvalue weighted by Crippen LogP contribution is -2.46. The number of aryl methyl sites for hydroxylation is 1. The van der Waals surface area contributed by atoms with Gasteiger partial charge in [0.05, 0.1) is 11.5 Å². The molecule has 1 aromatic rings. The van der Waals surface area contributed by atoms with Gasteiger partial charge in [0, 0.05) is 12.6 Å². The van der Waals surface area contributed by atoms with Crippen molar-refractivity contribution in [2.75, 3.05) is 13.2 Å². The molecule has 1 heterocycles. The van der Waals surface area contributed by atoms with Crippen LogP contribution in [-0.4, -0.2) is 37.0 Å². The van der Waals surface area contributed by atoms with Gasteiger partial charge in [-0.15, -0.1) is 0 Å². The van der Waals surface area contributed by atoms with Gasteiger partial charge in [0.1, 0.15) is 0 Å². The van der Waals surface area contributed by atoms with Crippen molar-refractivity contribution in [2.24, 2.45) is 11.8 Å². The topological polar surface area (TPSA) is 57.6 Å². The van der Waals surface area contributed by atoms with Crippen LogP contribution in [0.15, 0.2) is 29.2 Å². The largest absolute Gasteiger partial charge is 0.395 e. The van der Waals surface area contributed by atoms with Crippen LogP contribution >= 0.6 is 0 Å². The molecule has 1 saturated carbocycles. The first-order chi connectivity index (χ1) is 9.02. The van der Waals surface area contributed by atoms with Crippen molar-refractivity contribution in [3.05, 3.63) is 29.8 Å². The van der Waals surface area contributed by atoms with Crippen molar-refractivity contribution in [1.82, 2.24) is 4.31 Å². The molecule has 1 saturated heterocycles. The molecule has 1 aliphatic carbocycles. The molecule has 2 aliphatic rings. The molecule has 1 N–H and O–H groups in total. The van der Waals surface area contributed by atoms with Gasteiger partial charge in [-0.3, -0.25) is 0 Å². The van der Waals surface area contributed by atoms with E-state index in [0.717, 1.165) is 18.4 Å². The standard InChI is InChI=1S/C14H19NO3S/c1-10-2-4-14(5-3-10)19(17,18)15-8-12-6-11(12)7-13(15)9-16/h2-5,11-13,16H,6-9H2,1H3. The Bertz CT molecular complexity index is 567. The Morgan fingerprint density at radius 3 is 2.53 bits per heavy atom. The molecule has 4 nitrogen and oxygen atoms in total. The fourth-order valence-electron chi connectivity index (χ4n) is 2.98. The molecular formula is C14H19NO3S. The second kappa shape index (κ2) is 4.58. The monoisotopic (exact) mass is 281 g/mol. The maximum Gasteiger partial charge on any atom is 0.243 e. The van der Waals surface area contributed by atoms with Crippen molar-refractivity contribution in [2.45, 2.75) is 30.7 Å². The summed E-state index contributed by atoms with van der Waals surface area (Å²) in [5.74, 6) is 1.13. The van der Waals surface area contributed by atoms with Crippen LogP contribution in [0.5, 0.6) is 0 Å². The summed E-state index contributed by atoms with van der Waals surface area (Å²) in [4.78, 5) is 0.329. The van der Waals surface area contributed by atoms with Crippen LogP contribution in [0.25, 0.3) is 0 Å². The number of piperidine rings is 1. The van der Waals surface area contributed by atoms with Gasteiger partial charge in [0.15, 0.2) is 0 Å². The quantitative estimate of drug-likeness (QED) is 0.911. The van der Waals surface area contributed by atoms with E-state index in [1.54, 1.807) is 12.1 Å². The summed E-state index contributed by atoms with van der Waals surface area (Å²) in [7, 11) is -3.47. The van der Waals surface area contributed by atoms with E-state index in [2.05, 4.69) is 0 Å². The molecule has 0 radical (unpaired) electrons. The Hall–Kier alpha value is -0.910. The average molecular weight is 281 g/mol. The van der Waals surface area contributed by atoms with Gasteiger partial charge in [0.25, 0.3) is 0 Å².